The third-order valence-electron chi connectivity index (χ3n) is 7.67. The monoisotopic (exact) mass is 578 g/mol. The van der Waals surface area contributed by atoms with Crippen LogP contribution in [-0.4, -0.2) is 65.4 Å². The zero-order chi connectivity index (χ0) is 29.4. The zero-order valence-electron chi connectivity index (χ0n) is 23.7. The number of anilines is 1. The van der Waals surface area contributed by atoms with Crippen LogP contribution in [0.2, 0.25) is 0 Å². The minimum atomic E-state index is -1.21. The van der Waals surface area contributed by atoms with Crippen molar-refractivity contribution in [1.29, 1.82) is 0 Å². The molecule has 0 atom stereocenters. The normalized spacial score (nSPS) is 15.5. The standard InChI is InChI=1S/C30H32F2N6O4/c1-17-14-20(6-7-21(17)29(39)34-19-4-5-19)38-16-33-26-27(37(2)15-18-10-12-41-13-11-18)35-30(36-28(26)38)42-23-9-8-22(40-3)24(31)25(23)32/h6-9,14,16,18-19H,4-5,10-13,15H2,1-3H3,(H,34,39). The molecule has 1 N–H and O–H groups in total. The highest BCUT2D eigenvalue weighted by atomic mass is 19.2. The summed E-state index contributed by atoms with van der Waals surface area (Å²) in [5.74, 6) is -2.20. The molecule has 2 aliphatic rings. The molecule has 2 aromatic carbocycles. The molecule has 1 saturated heterocycles. The number of aromatic nitrogens is 4. The van der Waals surface area contributed by atoms with Crippen molar-refractivity contribution in [2.45, 2.75) is 38.6 Å². The molecule has 42 heavy (non-hydrogen) atoms. The first-order valence-electron chi connectivity index (χ1n) is 14.0. The van der Waals surface area contributed by atoms with Crippen molar-refractivity contribution in [3.05, 3.63) is 59.4 Å². The van der Waals surface area contributed by atoms with Crippen molar-refractivity contribution in [1.82, 2.24) is 24.8 Å². The minimum Gasteiger partial charge on any atom is -0.494 e. The number of carbonyl (C=O) groups excluding carboxylic acids is 1. The van der Waals surface area contributed by atoms with E-state index in [4.69, 9.17) is 14.2 Å². The Labute approximate surface area is 241 Å². The second kappa shape index (κ2) is 11.5. The van der Waals surface area contributed by atoms with E-state index in [-0.39, 0.29) is 29.5 Å². The van der Waals surface area contributed by atoms with Gasteiger partial charge in [-0.15, -0.1) is 0 Å². The van der Waals surface area contributed by atoms with Crippen LogP contribution in [0.3, 0.4) is 0 Å². The molecule has 4 aromatic rings. The minimum absolute atomic E-state index is 0.0965. The van der Waals surface area contributed by atoms with Crippen LogP contribution in [0.1, 0.15) is 41.6 Å². The van der Waals surface area contributed by atoms with Gasteiger partial charge in [-0.25, -0.2) is 4.98 Å². The second-order valence-corrected chi connectivity index (χ2v) is 10.8. The number of methoxy groups -OCH3 is 1. The molecular weight excluding hydrogens is 546 g/mol. The first kappa shape index (κ1) is 27.8. The fraction of sp³-hybridized carbons (Fsp3) is 0.400. The van der Waals surface area contributed by atoms with Gasteiger partial charge >= 0.3 is 6.01 Å². The van der Waals surface area contributed by atoms with Crippen LogP contribution >= 0.6 is 0 Å². The van der Waals surface area contributed by atoms with E-state index in [0.29, 0.717) is 48.2 Å². The molecular formula is C30H32F2N6O4. The predicted octanol–water partition coefficient (Wildman–Crippen LogP) is 4.96. The Kier molecular flexibility index (Phi) is 7.63. The van der Waals surface area contributed by atoms with E-state index in [1.54, 1.807) is 17.0 Å². The van der Waals surface area contributed by atoms with Gasteiger partial charge in [0.1, 0.15) is 6.33 Å². The molecule has 0 unspecified atom stereocenters. The fourth-order valence-corrected chi connectivity index (χ4v) is 5.16. The van der Waals surface area contributed by atoms with Crippen LogP contribution in [0.15, 0.2) is 36.7 Å². The maximum absolute atomic E-state index is 14.8. The smallest absolute Gasteiger partial charge is 0.326 e. The van der Waals surface area contributed by atoms with Gasteiger partial charge in [0.05, 0.1) is 7.11 Å². The van der Waals surface area contributed by atoms with Gasteiger partial charge in [-0.05, 0) is 74.4 Å². The Bertz CT molecular complexity index is 1630. The molecule has 1 aliphatic heterocycles. The van der Waals surface area contributed by atoms with E-state index in [2.05, 4.69) is 20.3 Å². The molecule has 2 aromatic heterocycles. The Morgan fingerprint density at radius 1 is 1.10 bits per heavy atom. The SMILES string of the molecule is COc1ccc(Oc2nc(N(C)CC3CCOCC3)c3ncn(-c4ccc(C(=O)NC5CC5)c(C)c4)c3n2)c(F)c1F. The maximum Gasteiger partial charge on any atom is 0.326 e. The number of rotatable bonds is 9. The van der Waals surface area contributed by atoms with Crippen LogP contribution in [0.25, 0.3) is 16.9 Å². The number of hydrogen-bond acceptors (Lipinski definition) is 8. The lowest BCUT2D eigenvalue weighted by molar-refractivity contribution is 0.0685. The molecule has 2 fully saturated rings. The van der Waals surface area contributed by atoms with E-state index in [1.807, 2.05) is 31.0 Å². The third kappa shape index (κ3) is 5.58. The molecule has 3 heterocycles. The number of carbonyl (C=O) groups is 1. The van der Waals surface area contributed by atoms with Crippen molar-refractivity contribution in [3.8, 4) is 23.2 Å². The van der Waals surface area contributed by atoms with Crippen molar-refractivity contribution in [2.75, 3.05) is 38.8 Å². The van der Waals surface area contributed by atoms with Crippen molar-refractivity contribution >= 4 is 22.9 Å². The van der Waals surface area contributed by atoms with Gasteiger partial charge in [0.15, 0.2) is 28.5 Å². The lowest BCUT2D eigenvalue weighted by Gasteiger charge is -2.28. The number of ether oxygens (including phenoxy) is 3. The van der Waals surface area contributed by atoms with Crippen LogP contribution in [0, 0.1) is 24.5 Å². The van der Waals surface area contributed by atoms with E-state index < -0.39 is 11.6 Å². The number of amides is 1. The summed E-state index contributed by atoms with van der Waals surface area (Å²) in [6.45, 7) is 3.98. The Morgan fingerprint density at radius 2 is 1.83 bits per heavy atom. The number of fused-ring (bicyclic) bond motifs is 1. The van der Waals surface area contributed by atoms with Gasteiger partial charge in [0.2, 0.25) is 11.6 Å². The largest absolute Gasteiger partial charge is 0.494 e. The number of benzene rings is 2. The van der Waals surface area contributed by atoms with Crippen LogP contribution < -0.4 is 19.7 Å². The lowest BCUT2D eigenvalue weighted by atomic mass is 10.00. The molecule has 0 radical (unpaired) electrons. The molecule has 0 spiro atoms. The summed E-state index contributed by atoms with van der Waals surface area (Å²) in [5.41, 5.74) is 3.06. The molecule has 12 heteroatoms. The molecule has 0 bridgehead atoms. The first-order valence-corrected chi connectivity index (χ1v) is 14.0. The van der Waals surface area contributed by atoms with Gasteiger partial charge < -0.3 is 24.4 Å². The maximum atomic E-state index is 14.8. The summed E-state index contributed by atoms with van der Waals surface area (Å²) in [5, 5.41) is 3.02. The molecule has 6 rings (SSSR count). The average molecular weight is 579 g/mol. The molecule has 1 aliphatic carbocycles. The fourth-order valence-electron chi connectivity index (χ4n) is 5.16. The van der Waals surface area contributed by atoms with Crippen LogP contribution in [0.5, 0.6) is 17.5 Å². The van der Waals surface area contributed by atoms with Gasteiger partial charge in [-0.2, -0.15) is 18.7 Å². The van der Waals surface area contributed by atoms with Gasteiger partial charge in [0.25, 0.3) is 5.91 Å². The van der Waals surface area contributed by atoms with Crippen molar-refractivity contribution in [3.63, 3.8) is 0 Å². The van der Waals surface area contributed by atoms with Crippen molar-refractivity contribution in [2.24, 2.45) is 5.92 Å². The highest BCUT2D eigenvalue weighted by Crippen LogP contribution is 2.33. The second-order valence-electron chi connectivity index (χ2n) is 10.8. The average Bonchev–Trinajstić information content (AvgIpc) is 3.70. The number of nitrogens with one attached hydrogen (secondary N) is 1. The van der Waals surface area contributed by atoms with Gasteiger partial charge in [-0.3, -0.25) is 9.36 Å². The Morgan fingerprint density at radius 3 is 2.55 bits per heavy atom. The molecule has 1 saturated carbocycles. The number of hydrogen-bond donors (Lipinski definition) is 1. The van der Waals surface area contributed by atoms with Crippen molar-refractivity contribution < 1.29 is 27.8 Å². The summed E-state index contributed by atoms with van der Waals surface area (Å²) >= 11 is 0. The summed E-state index contributed by atoms with van der Waals surface area (Å²) < 4.78 is 47.1. The number of nitrogens with zero attached hydrogens (tertiary/aromatic N) is 5. The lowest BCUT2D eigenvalue weighted by Crippen LogP contribution is -2.30. The Hall–Kier alpha value is -4.32. The molecule has 1 amide bonds. The van der Waals surface area contributed by atoms with E-state index in [1.165, 1.54) is 19.2 Å². The summed E-state index contributed by atoms with van der Waals surface area (Å²) in [6, 6.07) is 8.11. The molecule has 10 nitrogen and oxygen atoms in total. The number of imidazole rings is 1. The topological polar surface area (TPSA) is 104 Å². The van der Waals surface area contributed by atoms with Crippen LogP contribution in [-0.2, 0) is 4.74 Å². The molecule has 220 valence electrons. The quantitative estimate of drug-likeness (QED) is 0.297. The third-order valence-corrected chi connectivity index (χ3v) is 7.67. The summed E-state index contributed by atoms with van der Waals surface area (Å²) in [7, 11) is 3.16. The number of aryl methyl sites for hydroxylation is 1. The number of halogens is 2. The zero-order valence-corrected chi connectivity index (χ0v) is 23.7. The van der Waals surface area contributed by atoms with E-state index in [0.717, 1.165) is 36.9 Å². The van der Waals surface area contributed by atoms with E-state index >= 15 is 0 Å². The first-order chi connectivity index (χ1) is 20.3. The van der Waals surface area contributed by atoms with Gasteiger partial charge in [0, 0.05) is 44.1 Å². The highest BCUT2D eigenvalue weighted by Gasteiger charge is 2.26. The van der Waals surface area contributed by atoms with Crippen LogP contribution in [0.4, 0.5) is 14.6 Å². The van der Waals surface area contributed by atoms with Gasteiger partial charge in [-0.1, -0.05) is 0 Å². The highest BCUT2D eigenvalue weighted by molar-refractivity contribution is 5.96. The Balaban J connectivity index is 1.39. The summed E-state index contributed by atoms with van der Waals surface area (Å²) in [6.07, 6.45) is 5.49. The summed E-state index contributed by atoms with van der Waals surface area (Å²) in [4.78, 5) is 28.4. The predicted molar refractivity (Wildman–Crippen MR) is 152 cm³/mol. The van der Waals surface area contributed by atoms with E-state index in [9.17, 15) is 13.6 Å².